The van der Waals surface area contributed by atoms with Crippen molar-refractivity contribution in [3.63, 3.8) is 0 Å². The maximum Gasteiger partial charge on any atom is 0.307 e. The van der Waals surface area contributed by atoms with Gasteiger partial charge in [0.05, 0.1) is 38.5 Å². The normalized spacial score (nSPS) is 11.5. The van der Waals surface area contributed by atoms with Crippen LogP contribution < -0.4 is 0 Å². The van der Waals surface area contributed by atoms with Crippen LogP contribution in [0.2, 0.25) is 0 Å². The third-order valence-electron chi connectivity index (χ3n) is 9.39. The molecule has 0 heterocycles. The zero-order valence-electron chi connectivity index (χ0n) is 29.8. The highest BCUT2D eigenvalue weighted by molar-refractivity contribution is 6.05. The summed E-state index contributed by atoms with van der Waals surface area (Å²) in [5.74, 6) is -7.74. The molecule has 12 heteroatoms. The minimum atomic E-state index is -1.21. The number of carbonyl (C=O) groups is 6. The standard InChI is InChI=1S/C40H42O12/c1-17(2)37-23(13-33(45)46)21(11-31(41)42)9-25-27(37)7-19(5)39(29(25)15-35(49)50)40-20(6)8-28-26(30(40)16-36(51)52)10-22(12-32(43)44)24(14-34(47)48)38(28)18(3)4/h7-10,17-18H,11-16H2,1-6H3,(H,41,42)(H,43,44)(H,45,46)(H,47,48)(H,49,50)(H,51,52). The second-order valence-electron chi connectivity index (χ2n) is 13.9. The quantitative estimate of drug-likeness (QED) is 0.0800. The molecular weight excluding hydrogens is 672 g/mol. The summed E-state index contributed by atoms with van der Waals surface area (Å²) in [6.45, 7) is 10.8. The van der Waals surface area contributed by atoms with Gasteiger partial charge in [-0.15, -0.1) is 0 Å². The largest absolute Gasteiger partial charge is 0.481 e. The Morgan fingerprint density at radius 1 is 0.423 bits per heavy atom. The monoisotopic (exact) mass is 714 g/mol. The topological polar surface area (TPSA) is 224 Å². The summed E-state index contributed by atoms with van der Waals surface area (Å²) in [5, 5.41) is 61.6. The number of carboxylic acids is 6. The molecule has 0 fully saturated rings. The van der Waals surface area contributed by atoms with Crippen LogP contribution in [0.1, 0.15) is 95.2 Å². The number of aliphatic carboxylic acids is 6. The Labute approximate surface area is 299 Å². The summed E-state index contributed by atoms with van der Waals surface area (Å²) < 4.78 is 0. The van der Waals surface area contributed by atoms with Gasteiger partial charge in [-0.2, -0.15) is 0 Å². The van der Waals surface area contributed by atoms with Crippen LogP contribution in [0, 0.1) is 13.8 Å². The Bertz CT molecular complexity index is 2030. The van der Waals surface area contributed by atoms with E-state index in [9.17, 15) is 59.4 Å². The van der Waals surface area contributed by atoms with Crippen molar-refractivity contribution in [2.75, 3.05) is 0 Å². The third-order valence-corrected chi connectivity index (χ3v) is 9.39. The molecule has 4 aromatic rings. The first kappa shape index (κ1) is 39.0. The number of fused-ring (bicyclic) bond motifs is 2. The highest BCUT2D eigenvalue weighted by atomic mass is 16.4. The van der Waals surface area contributed by atoms with E-state index in [-0.39, 0.29) is 34.1 Å². The van der Waals surface area contributed by atoms with E-state index < -0.39 is 74.3 Å². The Balaban J connectivity index is 2.34. The lowest BCUT2D eigenvalue weighted by Crippen LogP contribution is -2.15. The zero-order chi connectivity index (χ0) is 38.9. The number of hydrogen-bond acceptors (Lipinski definition) is 6. The molecule has 4 aromatic carbocycles. The molecule has 0 aliphatic rings. The predicted octanol–water partition coefficient (Wildman–Crippen LogP) is 6.29. The van der Waals surface area contributed by atoms with E-state index in [1.165, 1.54) is 12.1 Å². The van der Waals surface area contributed by atoms with E-state index in [2.05, 4.69) is 0 Å². The lowest BCUT2D eigenvalue weighted by Gasteiger charge is -2.27. The van der Waals surface area contributed by atoms with Crippen molar-refractivity contribution < 1.29 is 59.4 Å². The van der Waals surface area contributed by atoms with Crippen LogP contribution in [0.4, 0.5) is 0 Å². The molecule has 12 nitrogen and oxygen atoms in total. The molecule has 0 atom stereocenters. The molecular formula is C40H42O12. The van der Waals surface area contributed by atoms with E-state index in [1.807, 2.05) is 27.7 Å². The van der Waals surface area contributed by atoms with Gasteiger partial charge in [-0.05, 0) is 126 Å². The molecule has 0 aliphatic carbocycles. The van der Waals surface area contributed by atoms with Crippen LogP contribution in [0.5, 0.6) is 0 Å². The molecule has 0 unspecified atom stereocenters. The van der Waals surface area contributed by atoms with Gasteiger partial charge in [-0.1, -0.05) is 39.8 Å². The highest BCUT2D eigenvalue weighted by Crippen LogP contribution is 2.45. The lowest BCUT2D eigenvalue weighted by atomic mass is 9.77. The first-order chi connectivity index (χ1) is 24.2. The molecule has 52 heavy (non-hydrogen) atoms. The Hall–Kier alpha value is -5.78. The Morgan fingerprint density at radius 2 is 0.692 bits per heavy atom. The summed E-state index contributed by atoms with van der Waals surface area (Å²) in [7, 11) is 0. The van der Waals surface area contributed by atoms with Gasteiger partial charge in [-0.25, -0.2) is 0 Å². The average Bonchev–Trinajstić information content (AvgIpc) is 2.97. The number of aryl methyl sites for hydroxylation is 2. The van der Waals surface area contributed by atoms with Gasteiger partial charge in [0.1, 0.15) is 0 Å². The minimum Gasteiger partial charge on any atom is -0.481 e. The summed E-state index contributed by atoms with van der Waals surface area (Å²) >= 11 is 0. The van der Waals surface area contributed by atoms with E-state index in [0.29, 0.717) is 66.1 Å². The average molecular weight is 715 g/mol. The summed E-state index contributed by atoms with van der Waals surface area (Å²) in [5.41, 5.74) is 4.77. The zero-order valence-corrected chi connectivity index (χ0v) is 29.8. The molecule has 6 N–H and O–H groups in total. The maximum absolute atomic E-state index is 12.6. The smallest absolute Gasteiger partial charge is 0.307 e. The van der Waals surface area contributed by atoms with Gasteiger partial charge >= 0.3 is 35.8 Å². The lowest BCUT2D eigenvalue weighted by molar-refractivity contribution is -0.137. The van der Waals surface area contributed by atoms with E-state index in [0.717, 1.165) is 0 Å². The van der Waals surface area contributed by atoms with Crippen LogP contribution >= 0.6 is 0 Å². The summed E-state index contributed by atoms with van der Waals surface area (Å²) in [6.07, 6.45) is -3.02. The van der Waals surface area contributed by atoms with Crippen molar-refractivity contribution >= 4 is 57.4 Å². The predicted molar refractivity (Wildman–Crippen MR) is 193 cm³/mol. The van der Waals surface area contributed by atoms with Crippen molar-refractivity contribution in [2.24, 2.45) is 0 Å². The van der Waals surface area contributed by atoms with Gasteiger partial charge in [0, 0.05) is 0 Å². The van der Waals surface area contributed by atoms with Crippen molar-refractivity contribution in [2.45, 2.75) is 91.9 Å². The SMILES string of the molecule is Cc1cc2c(C(C)C)c(CC(=O)O)c(CC(=O)O)cc2c(CC(=O)O)c1-c1c(C)cc2c(C(C)C)c(CC(=O)O)c(CC(=O)O)cc2c1CC(=O)O. The first-order valence-corrected chi connectivity index (χ1v) is 16.8. The van der Waals surface area contributed by atoms with Gasteiger partial charge in [0.25, 0.3) is 0 Å². The molecule has 4 rings (SSSR count). The fraction of sp³-hybridized carbons (Fsp3) is 0.350. The Morgan fingerprint density at radius 3 is 0.942 bits per heavy atom. The van der Waals surface area contributed by atoms with Crippen molar-refractivity contribution in [1.82, 2.24) is 0 Å². The number of hydrogen-bond donors (Lipinski definition) is 6. The molecule has 0 bridgehead atoms. The van der Waals surface area contributed by atoms with Gasteiger partial charge in [0.15, 0.2) is 0 Å². The Kier molecular flexibility index (Phi) is 11.4. The number of rotatable bonds is 15. The maximum atomic E-state index is 12.6. The fourth-order valence-electron chi connectivity index (χ4n) is 7.82. The van der Waals surface area contributed by atoms with Crippen LogP contribution in [0.3, 0.4) is 0 Å². The van der Waals surface area contributed by atoms with E-state index in [1.54, 1.807) is 26.0 Å². The number of carboxylic acid groups (broad SMARTS) is 6. The molecule has 0 saturated heterocycles. The third kappa shape index (κ3) is 7.91. The van der Waals surface area contributed by atoms with E-state index >= 15 is 0 Å². The molecule has 0 amide bonds. The van der Waals surface area contributed by atoms with Gasteiger partial charge < -0.3 is 30.6 Å². The second kappa shape index (κ2) is 15.2. The molecule has 0 spiro atoms. The number of benzene rings is 4. The van der Waals surface area contributed by atoms with Gasteiger partial charge in [0.2, 0.25) is 0 Å². The fourth-order valence-corrected chi connectivity index (χ4v) is 7.82. The summed E-state index contributed by atoms with van der Waals surface area (Å²) in [4.78, 5) is 73.2. The van der Waals surface area contributed by atoms with Crippen LogP contribution in [0.25, 0.3) is 32.7 Å². The molecule has 274 valence electrons. The van der Waals surface area contributed by atoms with Crippen LogP contribution in [-0.4, -0.2) is 66.5 Å². The molecule has 0 aliphatic heterocycles. The van der Waals surface area contributed by atoms with Gasteiger partial charge in [-0.3, -0.25) is 28.8 Å². The van der Waals surface area contributed by atoms with Crippen LogP contribution in [-0.2, 0) is 67.3 Å². The molecule has 0 saturated carbocycles. The molecule has 0 aromatic heterocycles. The minimum absolute atomic E-state index is 0.222. The second-order valence-corrected chi connectivity index (χ2v) is 13.9. The van der Waals surface area contributed by atoms with Crippen molar-refractivity contribution in [3.8, 4) is 11.1 Å². The van der Waals surface area contributed by atoms with Crippen molar-refractivity contribution in [1.29, 1.82) is 0 Å². The first-order valence-electron chi connectivity index (χ1n) is 16.8. The summed E-state index contributed by atoms with van der Waals surface area (Å²) in [6, 6.07) is 6.64. The molecule has 0 radical (unpaired) electrons. The van der Waals surface area contributed by atoms with Crippen molar-refractivity contribution in [3.05, 3.63) is 79.9 Å². The van der Waals surface area contributed by atoms with E-state index in [4.69, 9.17) is 0 Å². The highest BCUT2D eigenvalue weighted by Gasteiger charge is 2.29. The van der Waals surface area contributed by atoms with Crippen LogP contribution in [0.15, 0.2) is 24.3 Å².